The first-order chi connectivity index (χ1) is 16.6. The van der Waals surface area contributed by atoms with E-state index in [2.05, 4.69) is 78.4 Å². The Morgan fingerprint density at radius 1 is 1.00 bits per heavy atom. The summed E-state index contributed by atoms with van der Waals surface area (Å²) >= 11 is 0. The molecule has 1 unspecified atom stereocenters. The maximum Gasteiger partial charge on any atom is 0.175 e. The van der Waals surface area contributed by atoms with Crippen molar-refractivity contribution in [3.8, 4) is 5.75 Å². The Balaban J connectivity index is 0.00000180. The lowest BCUT2D eigenvalue weighted by Crippen LogP contribution is -2.35. The highest BCUT2D eigenvalue weighted by molar-refractivity contribution is 5.86. The molecule has 0 N–H and O–H groups in total. The van der Waals surface area contributed by atoms with Gasteiger partial charge in [0.2, 0.25) is 0 Å². The van der Waals surface area contributed by atoms with Crippen molar-refractivity contribution >= 4 is 35.8 Å². The van der Waals surface area contributed by atoms with Gasteiger partial charge in [-0.1, -0.05) is 35.5 Å². The van der Waals surface area contributed by atoms with Crippen LogP contribution in [0.15, 0.2) is 47.0 Å². The molecule has 1 saturated carbocycles. The minimum absolute atomic E-state index is 0. The minimum atomic E-state index is 0. The number of likely N-dealkylation sites (tertiary alicyclic amines) is 1. The average molecular weight is 535 g/mol. The van der Waals surface area contributed by atoms with Gasteiger partial charge in [-0.3, -0.25) is 4.90 Å². The first-order valence-electron chi connectivity index (χ1n) is 13.0. The second-order valence-corrected chi connectivity index (χ2v) is 10.6. The highest BCUT2D eigenvalue weighted by Gasteiger charge is 2.26. The molecule has 1 aliphatic heterocycles. The Morgan fingerprint density at radius 3 is 2.39 bits per heavy atom. The van der Waals surface area contributed by atoms with Crippen LogP contribution < -0.4 is 4.74 Å². The third-order valence-corrected chi connectivity index (χ3v) is 7.69. The molecule has 1 aliphatic carbocycles. The lowest BCUT2D eigenvalue weighted by molar-refractivity contribution is 0.137. The van der Waals surface area contributed by atoms with Crippen molar-refractivity contribution in [2.24, 2.45) is 11.8 Å². The Labute approximate surface area is 228 Å². The van der Waals surface area contributed by atoms with Crippen LogP contribution in [0.4, 0.5) is 0 Å². The van der Waals surface area contributed by atoms with Crippen molar-refractivity contribution in [3.05, 3.63) is 59.3 Å². The molecule has 0 radical (unpaired) electrons. The molecule has 7 heteroatoms. The smallest absolute Gasteiger partial charge is 0.175 e. The fraction of sp³-hybridized carbons (Fsp3) is 0.552. The largest absolute Gasteiger partial charge is 0.493 e. The van der Waals surface area contributed by atoms with Crippen LogP contribution in [0.1, 0.15) is 61.9 Å². The predicted octanol–water partition coefficient (Wildman–Crippen LogP) is 6.93. The van der Waals surface area contributed by atoms with Gasteiger partial charge >= 0.3 is 0 Å². The topological polar surface area (TPSA) is 41.7 Å². The van der Waals surface area contributed by atoms with E-state index in [0.29, 0.717) is 6.04 Å². The number of rotatable bonds is 10. The molecule has 3 aromatic rings. The van der Waals surface area contributed by atoms with Gasteiger partial charge in [-0.25, -0.2) is 0 Å². The molecule has 2 fully saturated rings. The van der Waals surface area contributed by atoms with Crippen molar-refractivity contribution in [2.75, 3.05) is 33.8 Å². The fourth-order valence-electron chi connectivity index (χ4n) is 5.28. The summed E-state index contributed by atoms with van der Waals surface area (Å²) < 4.78 is 12.1. The molecule has 1 atom stereocenters. The summed E-state index contributed by atoms with van der Waals surface area (Å²) in [6.07, 6.45) is 7.27. The second-order valence-electron chi connectivity index (χ2n) is 10.6. The normalized spacial score (nSPS) is 17.6. The first-order valence-corrected chi connectivity index (χ1v) is 13.0. The van der Waals surface area contributed by atoms with Gasteiger partial charge < -0.3 is 14.2 Å². The summed E-state index contributed by atoms with van der Waals surface area (Å²) in [6, 6.07) is 15.7. The van der Waals surface area contributed by atoms with E-state index in [9.17, 15) is 0 Å². The first kappa shape index (κ1) is 28.8. The number of aryl methyl sites for hydroxylation is 1. The van der Waals surface area contributed by atoms with Gasteiger partial charge in [-0.2, -0.15) is 0 Å². The number of hydrogen-bond acceptors (Lipinski definition) is 5. The van der Waals surface area contributed by atoms with Gasteiger partial charge in [-0.15, -0.1) is 24.8 Å². The van der Waals surface area contributed by atoms with Crippen molar-refractivity contribution in [3.63, 3.8) is 0 Å². The van der Waals surface area contributed by atoms with Crippen LogP contribution in [-0.2, 0) is 13.0 Å². The Hall–Kier alpha value is -1.79. The molecule has 0 bridgehead atoms. The Kier molecular flexibility index (Phi) is 10.5. The molecule has 2 aromatic carbocycles. The molecule has 0 amide bonds. The number of piperidine rings is 1. The van der Waals surface area contributed by atoms with Gasteiger partial charge in [0.15, 0.2) is 5.58 Å². The average Bonchev–Trinajstić information content (AvgIpc) is 3.60. The van der Waals surface area contributed by atoms with Crippen LogP contribution in [-0.4, -0.2) is 48.7 Å². The van der Waals surface area contributed by atoms with E-state index in [4.69, 9.17) is 9.26 Å². The van der Waals surface area contributed by atoms with E-state index >= 15 is 0 Å². The molecule has 5 nitrogen and oxygen atoms in total. The lowest BCUT2D eigenvalue weighted by atomic mass is 9.90. The SMILES string of the molecule is CC(c1ccccc1)N1CCC(CCc2noc3c(CN(C)C)c(OCC4CC4)ccc23)CC1.Cl.Cl. The van der Waals surface area contributed by atoms with Gasteiger partial charge in [-0.05, 0) is 102 Å². The highest BCUT2D eigenvalue weighted by Crippen LogP contribution is 2.35. The van der Waals surface area contributed by atoms with Gasteiger partial charge in [0.05, 0.1) is 17.9 Å². The summed E-state index contributed by atoms with van der Waals surface area (Å²) in [7, 11) is 4.18. The van der Waals surface area contributed by atoms with Gasteiger partial charge in [0.25, 0.3) is 0 Å². The number of aromatic nitrogens is 1. The molecule has 0 spiro atoms. The zero-order valence-electron chi connectivity index (χ0n) is 21.8. The second kappa shape index (κ2) is 13.1. The third-order valence-electron chi connectivity index (χ3n) is 7.69. The maximum atomic E-state index is 6.18. The molecular formula is C29H41Cl2N3O2. The van der Waals surface area contributed by atoms with Crippen LogP contribution in [0.3, 0.4) is 0 Å². The van der Waals surface area contributed by atoms with E-state index in [1.807, 2.05) is 0 Å². The summed E-state index contributed by atoms with van der Waals surface area (Å²) in [6.45, 7) is 6.30. The van der Waals surface area contributed by atoms with Crippen molar-refractivity contribution < 1.29 is 9.26 Å². The lowest BCUT2D eigenvalue weighted by Gasteiger charge is -2.36. The monoisotopic (exact) mass is 533 g/mol. The number of nitrogens with zero attached hydrogens (tertiary/aromatic N) is 3. The standard InChI is InChI=1S/C29H39N3O2.2ClH/c1-21(24-7-5-4-6-8-24)32-17-15-22(16-18-32)11-13-27-25-12-14-28(33-20-23-9-10-23)26(19-31(2)3)29(25)34-30-27;;/h4-8,12,14,21-23H,9-11,13,15-20H2,1-3H3;2*1H. The third kappa shape index (κ3) is 6.95. The summed E-state index contributed by atoms with van der Waals surface area (Å²) in [5, 5.41) is 5.68. The summed E-state index contributed by atoms with van der Waals surface area (Å²) in [5.74, 6) is 2.44. The van der Waals surface area contributed by atoms with E-state index < -0.39 is 0 Å². The van der Waals surface area contributed by atoms with Gasteiger partial charge in [0.1, 0.15) is 5.75 Å². The van der Waals surface area contributed by atoms with E-state index in [1.165, 1.54) is 50.8 Å². The minimum Gasteiger partial charge on any atom is -0.493 e. The quantitative estimate of drug-likeness (QED) is 0.282. The van der Waals surface area contributed by atoms with Crippen LogP contribution in [0.25, 0.3) is 11.0 Å². The Bertz CT molecular complexity index is 1080. The van der Waals surface area contributed by atoms with Crippen LogP contribution in [0.2, 0.25) is 0 Å². The van der Waals surface area contributed by atoms with Gasteiger partial charge in [0, 0.05) is 18.0 Å². The molecule has 2 aliphatic rings. The molecule has 5 rings (SSSR count). The number of fused-ring (bicyclic) bond motifs is 1. The number of benzene rings is 2. The number of ether oxygens (including phenoxy) is 1. The Morgan fingerprint density at radius 2 is 1.72 bits per heavy atom. The van der Waals surface area contributed by atoms with E-state index in [-0.39, 0.29) is 24.8 Å². The van der Waals surface area contributed by atoms with Crippen LogP contribution in [0, 0.1) is 11.8 Å². The zero-order chi connectivity index (χ0) is 23.5. The molecule has 1 aromatic heterocycles. The fourth-order valence-corrected chi connectivity index (χ4v) is 5.28. The molecule has 36 heavy (non-hydrogen) atoms. The molecular weight excluding hydrogens is 493 g/mol. The van der Waals surface area contributed by atoms with E-state index in [0.717, 1.165) is 59.4 Å². The molecule has 198 valence electrons. The predicted molar refractivity (Wildman–Crippen MR) is 152 cm³/mol. The zero-order valence-corrected chi connectivity index (χ0v) is 23.5. The van der Waals surface area contributed by atoms with Crippen molar-refractivity contribution in [1.82, 2.24) is 15.0 Å². The summed E-state index contributed by atoms with van der Waals surface area (Å²) in [5.41, 5.74) is 4.56. The van der Waals surface area contributed by atoms with Crippen LogP contribution in [0.5, 0.6) is 5.75 Å². The van der Waals surface area contributed by atoms with Crippen LogP contribution >= 0.6 is 24.8 Å². The summed E-state index contributed by atoms with van der Waals surface area (Å²) in [4.78, 5) is 4.80. The highest BCUT2D eigenvalue weighted by atomic mass is 35.5. The van der Waals surface area contributed by atoms with Crippen molar-refractivity contribution in [1.29, 1.82) is 0 Å². The number of halogens is 2. The van der Waals surface area contributed by atoms with Crippen molar-refractivity contribution in [2.45, 2.75) is 58.0 Å². The maximum absolute atomic E-state index is 6.18. The molecule has 1 saturated heterocycles. The molecule has 2 heterocycles. The number of hydrogen-bond donors (Lipinski definition) is 0. The van der Waals surface area contributed by atoms with E-state index in [1.54, 1.807) is 0 Å².